The van der Waals surface area contributed by atoms with Crippen LogP contribution in [0, 0.1) is 17.6 Å². The van der Waals surface area contributed by atoms with Crippen molar-refractivity contribution in [2.45, 2.75) is 13.3 Å². The van der Waals surface area contributed by atoms with Crippen LogP contribution < -0.4 is 5.73 Å². The number of hydrogen-bond acceptors (Lipinski definition) is 2. The summed E-state index contributed by atoms with van der Waals surface area (Å²) in [6, 6.07) is 2.82. The first-order valence-electron chi connectivity index (χ1n) is 4.75. The van der Waals surface area contributed by atoms with E-state index in [-0.39, 0.29) is 17.3 Å². The van der Waals surface area contributed by atoms with Crippen LogP contribution in [0.1, 0.15) is 23.7 Å². The summed E-state index contributed by atoms with van der Waals surface area (Å²) < 4.78 is 25.6. The summed E-state index contributed by atoms with van der Waals surface area (Å²) in [5.41, 5.74) is 5.37. The number of nitrogens with two attached hydrogens (primary N) is 1. The molecule has 0 spiro atoms. The van der Waals surface area contributed by atoms with Crippen LogP contribution in [0.2, 0.25) is 0 Å². The minimum atomic E-state index is -0.738. The van der Waals surface area contributed by atoms with E-state index in [1.165, 1.54) is 0 Å². The molecule has 1 unspecified atom stereocenters. The summed E-state index contributed by atoms with van der Waals surface area (Å²) in [6.45, 7) is 2.07. The van der Waals surface area contributed by atoms with E-state index in [2.05, 4.69) is 0 Å². The molecule has 0 saturated carbocycles. The van der Waals surface area contributed by atoms with Crippen molar-refractivity contribution < 1.29 is 13.6 Å². The highest BCUT2D eigenvalue weighted by Gasteiger charge is 2.15. The van der Waals surface area contributed by atoms with Crippen molar-refractivity contribution in [2.24, 2.45) is 11.7 Å². The summed E-state index contributed by atoms with van der Waals surface area (Å²) >= 11 is 0. The van der Waals surface area contributed by atoms with E-state index in [0.717, 1.165) is 18.2 Å². The second-order valence-electron chi connectivity index (χ2n) is 3.50. The third-order valence-electron chi connectivity index (χ3n) is 2.19. The number of Topliss-reactive ketones (excluding diaryl/α,β-unsaturated/α-hetero) is 1. The Bertz CT molecular complexity index is 345. The van der Waals surface area contributed by atoms with E-state index < -0.39 is 11.6 Å². The number of carbonyl (C=O) groups excluding carboxylic acids is 1. The molecule has 1 rings (SSSR count). The highest BCUT2D eigenvalue weighted by atomic mass is 19.1. The number of halogens is 2. The van der Waals surface area contributed by atoms with Gasteiger partial charge in [-0.25, -0.2) is 8.78 Å². The van der Waals surface area contributed by atoms with Crippen molar-refractivity contribution in [3.8, 4) is 0 Å². The predicted molar refractivity (Wildman–Crippen MR) is 53.5 cm³/mol. The van der Waals surface area contributed by atoms with Crippen molar-refractivity contribution in [1.82, 2.24) is 0 Å². The number of carbonyl (C=O) groups is 1. The molecule has 15 heavy (non-hydrogen) atoms. The molecule has 1 aromatic carbocycles. The molecular weight excluding hydrogens is 200 g/mol. The lowest BCUT2D eigenvalue weighted by atomic mass is 9.96. The number of hydrogen-bond donors (Lipinski definition) is 1. The molecule has 0 fully saturated rings. The maximum absolute atomic E-state index is 12.8. The van der Waals surface area contributed by atoms with E-state index in [1.807, 2.05) is 0 Å². The molecule has 0 aliphatic heterocycles. The van der Waals surface area contributed by atoms with Gasteiger partial charge in [0.2, 0.25) is 0 Å². The predicted octanol–water partition coefficient (Wildman–Crippen LogP) is 2.13. The Balaban J connectivity index is 2.90. The molecule has 1 atom stereocenters. The summed E-state index contributed by atoms with van der Waals surface area (Å²) in [4.78, 5) is 11.7. The second-order valence-corrected chi connectivity index (χ2v) is 3.50. The number of rotatable bonds is 4. The van der Waals surface area contributed by atoms with Crippen molar-refractivity contribution in [3.63, 3.8) is 0 Å². The Morgan fingerprint density at radius 3 is 2.33 bits per heavy atom. The highest BCUT2D eigenvalue weighted by Crippen LogP contribution is 2.14. The first-order valence-corrected chi connectivity index (χ1v) is 4.75. The molecule has 2 N–H and O–H groups in total. The van der Waals surface area contributed by atoms with Gasteiger partial charge in [-0.2, -0.15) is 0 Å². The van der Waals surface area contributed by atoms with Crippen LogP contribution in [0.15, 0.2) is 18.2 Å². The minimum Gasteiger partial charge on any atom is -0.330 e. The van der Waals surface area contributed by atoms with Gasteiger partial charge in [-0.3, -0.25) is 4.79 Å². The average Bonchev–Trinajstić information content (AvgIpc) is 2.15. The van der Waals surface area contributed by atoms with E-state index >= 15 is 0 Å². The van der Waals surface area contributed by atoms with Crippen LogP contribution in [-0.2, 0) is 0 Å². The smallest absolute Gasteiger partial charge is 0.165 e. The van der Waals surface area contributed by atoms with Gasteiger partial charge in [0.1, 0.15) is 11.6 Å². The summed E-state index contributed by atoms with van der Waals surface area (Å²) in [5.74, 6) is -2.06. The maximum Gasteiger partial charge on any atom is 0.165 e. The van der Waals surface area contributed by atoms with Gasteiger partial charge in [0.25, 0.3) is 0 Å². The second kappa shape index (κ2) is 4.98. The molecule has 0 radical (unpaired) electrons. The third-order valence-corrected chi connectivity index (χ3v) is 2.19. The Labute approximate surface area is 87.1 Å². The van der Waals surface area contributed by atoms with Gasteiger partial charge >= 0.3 is 0 Å². The molecule has 0 heterocycles. The van der Waals surface area contributed by atoms with Crippen molar-refractivity contribution >= 4 is 5.78 Å². The van der Waals surface area contributed by atoms with Crippen LogP contribution in [0.25, 0.3) is 0 Å². The van der Waals surface area contributed by atoms with E-state index in [4.69, 9.17) is 5.73 Å². The summed E-state index contributed by atoms with van der Waals surface area (Å²) in [5, 5.41) is 0. The van der Waals surface area contributed by atoms with Gasteiger partial charge in [-0.05, 0) is 25.1 Å². The van der Waals surface area contributed by atoms with E-state index in [1.54, 1.807) is 6.92 Å². The fourth-order valence-corrected chi connectivity index (χ4v) is 1.36. The molecular formula is C11H13F2NO. The van der Waals surface area contributed by atoms with Gasteiger partial charge in [-0.15, -0.1) is 0 Å². The van der Waals surface area contributed by atoms with Crippen LogP contribution in [-0.4, -0.2) is 12.3 Å². The summed E-state index contributed by atoms with van der Waals surface area (Å²) in [6.07, 6.45) is 0.511. The van der Waals surface area contributed by atoms with Crippen LogP contribution in [0.4, 0.5) is 8.78 Å². The van der Waals surface area contributed by atoms with E-state index in [9.17, 15) is 13.6 Å². The van der Waals surface area contributed by atoms with Gasteiger partial charge in [0.15, 0.2) is 5.78 Å². The topological polar surface area (TPSA) is 43.1 Å². The third kappa shape index (κ3) is 3.09. The molecule has 0 aromatic heterocycles. The SMILES string of the molecule is CC(CCN)C(=O)c1cc(F)cc(F)c1. The first-order chi connectivity index (χ1) is 7.04. The van der Waals surface area contributed by atoms with Gasteiger partial charge in [0.05, 0.1) is 0 Å². The number of benzene rings is 1. The average molecular weight is 213 g/mol. The largest absolute Gasteiger partial charge is 0.330 e. The van der Waals surface area contributed by atoms with Gasteiger partial charge in [-0.1, -0.05) is 6.92 Å². The molecule has 0 amide bonds. The first kappa shape index (κ1) is 11.8. The Morgan fingerprint density at radius 2 is 1.87 bits per heavy atom. The lowest BCUT2D eigenvalue weighted by Gasteiger charge is -2.08. The van der Waals surface area contributed by atoms with Crippen LogP contribution in [0.5, 0.6) is 0 Å². The standard InChI is InChI=1S/C11H13F2NO/c1-7(2-3-14)11(15)8-4-9(12)6-10(13)5-8/h4-7H,2-3,14H2,1H3. The van der Waals surface area contributed by atoms with Crippen LogP contribution >= 0.6 is 0 Å². The Hall–Kier alpha value is -1.29. The van der Waals surface area contributed by atoms with Crippen molar-refractivity contribution in [3.05, 3.63) is 35.4 Å². The minimum absolute atomic E-state index is 0.0634. The molecule has 0 aliphatic carbocycles. The Morgan fingerprint density at radius 1 is 1.33 bits per heavy atom. The molecule has 4 heteroatoms. The lowest BCUT2D eigenvalue weighted by Crippen LogP contribution is -2.16. The zero-order chi connectivity index (χ0) is 11.4. The molecule has 2 nitrogen and oxygen atoms in total. The Kier molecular flexibility index (Phi) is 3.91. The fourth-order valence-electron chi connectivity index (χ4n) is 1.36. The molecule has 1 aromatic rings. The monoisotopic (exact) mass is 213 g/mol. The highest BCUT2D eigenvalue weighted by molar-refractivity contribution is 5.97. The molecule has 82 valence electrons. The zero-order valence-corrected chi connectivity index (χ0v) is 8.47. The normalized spacial score (nSPS) is 12.5. The lowest BCUT2D eigenvalue weighted by molar-refractivity contribution is 0.0924. The number of ketones is 1. The molecule has 0 bridgehead atoms. The summed E-state index contributed by atoms with van der Waals surface area (Å²) in [7, 11) is 0. The maximum atomic E-state index is 12.8. The van der Waals surface area contributed by atoms with Gasteiger partial charge in [0, 0.05) is 17.5 Å². The van der Waals surface area contributed by atoms with Crippen molar-refractivity contribution in [1.29, 1.82) is 0 Å². The van der Waals surface area contributed by atoms with E-state index in [0.29, 0.717) is 13.0 Å². The zero-order valence-electron chi connectivity index (χ0n) is 8.47. The van der Waals surface area contributed by atoms with Gasteiger partial charge < -0.3 is 5.73 Å². The molecule has 0 aliphatic rings. The fraction of sp³-hybridized carbons (Fsp3) is 0.364. The quantitative estimate of drug-likeness (QED) is 0.778. The van der Waals surface area contributed by atoms with Crippen LogP contribution in [0.3, 0.4) is 0 Å². The van der Waals surface area contributed by atoms with Crippen molar-refractivity contribution in [2.75, 3.05) is 6.54 Å². The molecule has 0 saturated heterocycles.